The van der Waals surface area contributed by atoms with Gasteiger partial charge in [-0.3, -0.25) is 0 Å². The maximum absolute atomic E-state index is 2.65. The van der Waals surface area contributed by atoms with Gasteiger partial charge in [0, 0.05) is 0 Å². The van der Waals surface area contributed by atoms with E-state index in [0.717, 1.165) is 0 Å². The second kappa shape index (κ2) is 15.2. The summed E-state index contributed by atoms with van der Waals surface area (Å²) in [5, 5.41) is 1.59. The van der Waals surface area contributed by atoms with Crippen LogP contribution in [0.5, 0.6) is 0 Å². The van der Waals surface area contributed by atoms with E-state index < -0.39 is 13.4 Å². The van der Waals surface area contributed by atoms with Crippen molar-refractivity contribution in [2.24, 2.45) is 0 Å². The van der Waals surface area contributed by atoms with Gasteiger partial charge in [-0.15, -0.1) is 0 Å². The van der Waals surface area contributed by atoms with Crippen LogP contribution in [-0.2, 0) is 48.7 Å². The second-order valence-corrected chi connectivity index (χ2v) is 34.5. The molecule has 0 saturated carbocycles. The molecule has 0 nitrogen and oxygen atoms in total. The zero-order valence-electron chi connectivity index (χ0n) is 41.9. The van der Waals surface area contributed by atoms with Gasteiger partial charge in [-0.05, 0) is 0 Å². The van der Waals surface area contributed by atoms with Crippen molar-refractivity contribution in [2.75, 3.05) is 0 Å². The first kappa shape index (κ1) is 48.9. The van der Waals surface area contributed by atoms with E-state index in [1.54, 1.807) is 36.4 Å². The Morgan fingerprint density at radius 3 is 0.607 bits per heavy atom. The van der Waals surface area contributed by atoms with Crippen molar-refractivity contribution in [3.63, 3.8) is 0 Å². The predicted molar refractivity (Wildman–Crippen MR) is 259 cm³/mol. The van der Waals surface area contributed by atoms with Gasteiger partial charge in [0.1, 0.15) is 0 Å². The summed E-state index contributed by atoms with van der Waals surface area (Å²) in [4.78, 5) is 0. The fourth-order valence-corrected chi connectivity index (χ4v) is 22.4. The van der Waals surface area contributed by atoms with Crippen LogP contribution in [0.15, 0.2) is 36.4 Å². The Morgan fingerprint density at radius 1 is 0.268 bits per heavy atom. The molecule has 0 N–H and O–H groups in total. The van der Waals surface area contributed by atoms with Crippen LogP contribution >= 0.6 is 6.75 Å². The van der Waals surface area contributed by atoms with Gasteiger partial charge in [-0.25, -0.2) is 0 Å². The average Bonchev–Trinajstić information content (AvgIpc) is 2.94. The first-order valence-electron chi connectivity index (χ1n) is 21.7. The molecule has 0 atom stereocenters. The number of benzene rings is 3. The van der Waals surface area contributed by atoms with Gasteiger partial charge in [0.25, 0.3) is 0 Å². The monoisotopic (exact) mass is 841 g/mol. The fraction of sp³-hybridized carbons (Fsp3) is 0.667. The summed E-state index contributed by atoms with van der Waals surface area (Å²) >= 11 is -2.62. The van der Waals surface area contributed by atoms with Crippen LogP contribution in [-0.4, -0.2) is 13.4 Å². The minimum absolute atomic E-state index is 0.0152. The molecule has 312 valence electrons. The van der Waals surface area contributed by atoms with E-state index >= 15 is 0 Å². The van der Waals surface area contributed by atoms with E-state index in [1.807, 2.05) is 0 Å². The SMILES string of the molecule is CC(C)(C)c1cc(C(C)(C)C)c([P]=[Ge]([c]2c(C(C)(C)C)cc(C(C)(C)C)cc2C(C)(C)C)[c]2c(C(C)(C)C)cc(C(C)(C)C)cc2C(C)(C)C)c(C(C)(C)C)c1. The van der Waals surface area contributed by atoms with Crippen LogP contribution in [0.1, 0.15) is 237 Å². The minimum atomic E-state index is -2.62. The summed E-state index contributed by atoms with van der Waals surface area (Å²) in [6, 6.07) is 15.8. The van der Waals surface area contributed by atoms with Crippen LogP contribution in [0.4, 0.5) is 0 Å². The van der Waals surface area contributed by atoms with Crippen molar-refractivity contribution < 1.29 is 0 Å². The van der Waals surface area contributed by atoms with Gasteiger partial charge in [0.2, 0.25) is 0 Å². The molecule has 0 saturated heterocycles. The fourth-order valence-electron chi connectivity index (χ4n) is 7.71. The first-order valence-corrected chi connectivity index (χ1v) is 27.5. The van der Waals surface area contributed by atoms with E-state index in [0.29, 0.717) is 0 Å². The molecule has 0 aliphatic heterocycles. The number of rotatable bonds is 3. The van der Waals surface area contributed by atoms with E-state index in [1.165, 1.54) is 34.6 Å². The molecule has 0 bridgehead atoms. The molecule has 0 spiro atoms. The van der Waals surface area contributed by atoms with Gasteiger partial charge >= 0.3 is 356 Å². The van der Waals surface area contributed by atoms with Crippen molar-refractivity contribution in [2.45, 2.75) is 236 Å². The van der Waals surface area contributed by atoms with Gasteiger partial charge < -0.3 is 0 Å². The molecule has 3 rings (SSSR count). The number of hydrogen-bond acceptors (Lipinski definition) is 0. The molecule has 56 heavy (non-hydrogen) atoms. The molecule has 3 aromatic carbocycles. The van der Waals surface area contributed by atoms with Gasteiger partial charge in [-0.1, -0.05) is 0 Å². The van der Waals surface area contributed by atoms with E-state index in [-0.39, 0.29) is 48.7 Å². The summed E-state index contributed by atoms with van der Waals surface area (Å²) in [6.07, 6.45) is 0. The number of hydrogen-bond donors (Lipinski definition) is 0. The topological polar surface area (TPSA) is 0 Å². The Hall–Kier alpha value is -1.50. The van der Waals surface area contributed by atoms with Crippen LogP contribution in [0.2, 0.25) is 0 Å². The molecule has 0 unspecified atom stereocenters. The Bertz CT molecular complexity index is 1750. The molecule has 0 aliphatic carbocycles. The third kappa shape index (κ3) is 11.0. The van der Waals surface area contributed by atoms with Crippen molar-refractivity contribution >= 4 is 34.3 Å². The summed E-state index contributed by atoms with van der Waals surface area (Å²) in [5.74, 6) is 0. The summed E-state index contributed by atoms with van der Waals surface area (Å²) < 4.78 is 3.41. The molecule has 3 aromatic rings. The standard InChI is InChI=1S/C54H87GeP/c1-46(2,3)34-28-37(49(10,11)12)43(38(29-34)50(13,14)15)55(44-39(51(16,17)18)30-35(47(4,5)6)31-40(44)52(19,20)21)56-45-41(53(22,23)24)32-36(48(7,8)9)33-42(45)54(25,26)27/h28-33H,1-27H3. The van der Waals surface area contributed by atoms with E-state index in [2.05, 4.69) is 223 Å². The van der Waals surface area contributed by atoms with Crippen LogP contribution in [0.25, 0.3) is 0 Å². The molecular formula is C54H87GeP. The molecule has 0 amide bonds. The molecule has 0 radical (unpaired) electrons. The normalized spacial score (nSPS) is 14.5. The van der Waals surface area contributed by atoms with Crippen molar-refractivity contribution in [3.8, 4) is 0 Å². The van der Waals surface area contributed by atoms with Crippen LogP contribution < -0.4 is 14.1 Å². The first-order chi connectivity index (χ1) is 24.5. The van der Waals surface area contributed by atoms with Crippen molar-refractivity contribution in [1.29, 1.82) is 0 Å². The van der Waals surface area contributed by atoms with E-state index in [4.69, 9.17) is 0 Å². The maximum atomic E-state index is 2.65. The van der Waals surface area contributed by atoms with Crippen LogP contribution in [0.3, 0.4) is 0 Å². The quantitative estimate of drug-likeness (QED) is 0.182. The molecule has 2 heteroatoms. The average molecular weight is 840 g/mol. The van der Waals surface area contributed by atoms with Crippen molar-refractivity contribution in [1.82, 2.24) is 0 Å². The molecule has 0 aromatic heterocycles. The third-order valence-electron chi connectivity index (χ3n) is 11.5. The summed E-state index contributed by atoms with van der Waals surface area (Å²) in [7, 11) is 0. The van der Waals surface area contributed by atoms with Crippen LogP contribution in [0, 0.1) is 0 Å². The Kier molecular flexibility index (Phi) is 13.3. The zero-order chi connectivity index (χ0) is 44.0. The molecule has 0 fully saturated rings. The second-order valence-electron chi connectivity index (χ2n) is 26.5. The van der Waals surface area contributed by atoms with Gasteiger partial charge in [0.15, 0.2) is 0 Å². The van der Waals surface area contributed by atoms with Gasteiger partial charge in [-0.2, -0.15) is 0 Å². The molecule has 0 heterocycles. The Morgan fingerprint density at radius 2 is 0.446 bits per heavy atom. The Balaban J connectivity index is 3.09. The van der Waals surface area contributed by atoms with E-state index in [9.17, 15) is 0 Å². The van der Waals surface area contributed by atoms with Crippen molar-refractivity contribution in [3.05, 3.63) is 86.5 Å². The third-order valence-corrected chi connectivity index (χ3v) is 21.8. The summed E-state index contributed by atoms with van der Waals surface area (Å²) in [6.45, 7) is 67.6. The van der Waals surface area contributed by atoms with Gasteiger partial charge in [0.05, 0.1) is 0 Å². The zero-order valence-corrected chi connectivity index (χ0v) is 44.9. The molecule has 0 aliphatic rings. The summed E-state index contributed by atoms with van der Waals surface area (Å²) in [5.41, 5.74) is 13.7. The predicted octanol–water partition coefficient (Wildman–Crippen LogP) is 14.7. The Labute approximate surface area is 354 Å². The molecular weight excluding hydrogens is 752 g/mol.